The smallest absolute Gasteiger partial charge is 0.389 e. The van der Waals surface area contributed by atoms with E-state index in [1.54, 1.807) is 6.92 Å². The van der Waals surface area contributed by atoms with E-state index >= 15 is 0 Å². The predicted molar refractivity (Wildman–Crippen MR) is 52.4 cm³/mol. The molecule has 0 aliphatic heterocycles. The zero-order chi connectivity index (χ0) is 12.4. The van der Waals surface area contributed by atoms with Crippen LogP contribution >= 0.6 is 0 Å². The Morgan fingerprint density at radius 2 is 1.94 bits per heavy atom. The maximum atomic E-state index is 12.4. The van der Waals surface area contributed by atoms with Crippen LogP contribution in [0.15, 0.2) is 0 Å². The fourth-order valence-electron chi connectivity index (χ4n) is 2.38. The van der Waals surface area contributed by atoms with Crippen LogP contribution in [0.4, 0.5) is 13.2 Å². The summed E-state index contributed by atoms with van der Waals surface area (Å²) in [5.74, 6) is -1.87. The van der Waals surface area contributed by atoms with Crippen molar-refractivity contribution in [1.82, 2.24) is 0 Å². The van der Waals surface area contributed by atoms with E-state index in [2.05, 4.69) is 0 Å². The van der Waals surface area contributed by atoms with Gasteiger partial charge in [0.05, 0.1) is 23.5 Å². The standard InChI is InChI=1S/C11H16F3NO/c1-2-8(7-15)10(16)5-3-9(4-6-10)11(12,13)14/h8-9,16H,2-6H2,1H3. The SMILES string of the molecule is CCC(C#N)C1(O)CCC(C(F)(F)F)CC1. The van der Waals surface area contributed by atoms with Crippen LogP contribution in [0.25, 0.3) is 0 Å². The molecule has 0 radical (unpaired) electrons. The molecule has 5 heteroatoms. The predicted octanol–water partition coefficient (Wildman–Crippen LogP) is 3.02. The number of hydrogen-bond acceptors (Lipinski definition) is 2. The zero-order valence-corrected chi connectivity index (χ0v) is 9.22. The second-order valence-corrected chi connectivity index (χ2v) is 4.51. The summed E-state index contributed by atoms with van der Waals surface area (Å²) in [6, 6.07) is 1.98. The first-order valence-corrected chi connectivity index (χ1v) is 5.52. The van der Waals surface area contributed by atoms with Crippen LogP contribution in [-0.2, 0) is 0 Å². The largest absolute Gasteiger partial charge is 0.391 e. The van der Waals surface area contributed by atoms with Crippen molar-refractivity contribution in [1.29, 1.82) is 5.26 Å². The average molecular weight is 235 g/mol. The lowest BCUT2D eigenvalue weighted by Gasteiger charge is -2.39. The Hall–Kier alpha value is -0.760. The summed E-state index contributed by atoms with van der Waals surface area (Å²) < 4.78 is 37.2. The number of alkyl halides is 3. The van der Waals surface area contributed by atoms with Gasteiger partial charge in [-0.3, -0.25) is 0 Å². The van der Waals surface area contributed by atoms with Crippen LogP contribution in [0, 0.1) is 23.2 Å². The van der Waals surface area contributed by atoms with Crippen molar-refractivity contribution in [3.8, 4) is 6.07 Å². The maximum absolute atomic E-state index is 12.4. The van der Waals surface area contributed by atoms with E-state index in [0.717, 1.165) is 0 Å². The van der Waals surface area contributed by atoms with Crippen LogP contribution in [0.5, 0.6) is 0 Å². The normalized spacial score (nSPS) is 33.1. The minimum atomic E-state index is -4.17. The van der Waals surface area contributed by atoms with Crippen LogP contribution < -0.4 is 0 Å². The molecule has 0 aromatic rings. The molecule has 2 nitrogen and oxygen atoms in total. The zero-order valence-electron chi connectivity index (χ0n) is 9.22. The highest BCUT2D eigenvalue weighted by Gasteiger charge is 2.47. The van der Waals surface area contributed by atoms with Gasteiger partial charge >= 0.3 is 6.18 Å². The van der Waals surface area contributed by atoms with E-state index in [1.807, 2.05) is 6.07 Å². The Bertz CT molecular complexity index is 274. The molecule has 1 fully saturated rings. The van der Waals surface area contributed by atoms with Crippen molar-refractivity contribution in [3.05, 3.63) is 0 Å². The molecule has 1 atom stereocenters. The third-order valence-corrected chi connectivity index (χ3v) is 3.53. The van der Waals surface area contributed by atoms with Crippen LogP contribution in [0.3, 0.4) is 0 Å². The summed E-state index contributed by atoms with van der Waals surface area (Å²) in [5, 5.41) is 19.0. The molecule has 92 valence electrons. The second-order valence-electron chi connectivity index (χ2n) is 4.51. The lowest BCUT2D eigenvalue weighted by molar-refractivity contribution is -0.194. The third-order valence-electron chi connectivity index (χ3n) is 3.53. The number of aliphatic hydroxyl groups is 1. The van der Waals surface area contributed by atoms with Gasteiger partial charge in [0.25, 0.3) is 0 Å². The monoisotopic (exact) mass is 235 g/mol. The van der Waals surface area contributed by atoms with Gasteiger partial charge in [-0.15, -0.1) is 0 Å². The quantitative estimate of drug-likeness (QED) is 0.799. The van der Waals surface area contributed by atoms with Crippen molar-refractivity contribution < 1.29 is 18.3 Å². The van der Waals surface area contributed by atoms with Crippen LogP contribution in [0.2, 0.25) is 0 Å². The molecule has 1 aliphatic rings. The highest BCUT2D eigenvalue weighted by atomic mass is 19.4. The van der Waals surface area contributed by atoms with Gasteiger partial charge in [-0.2, -0.15) is 18.4 Å². The Balaban J connectivity index is 2.64. The molecule has 0 aromatic heterocycles. The van der Waals surface area contributed by atoms with Gasteiger partial charge in [-0.05, 0) is 32.1 Å². The molecule has 0 aromatic carbocycles. The molecule has 1 saturated carbocycles. The highest BCUT2D eigenvalue weighted by molar-refractivity contribution is 5.00. The molecular weight excluding hydrogens is 219 g/mol. The molecular formula is C11H16F3NO. The molecule has 1 N–H and O–H groups in total. The lowest BCUT2D eigenvalue weighted by atomic mass is 9.71. The van der Waals surface area contributed by atoms with E-state index in [4.69, 9.17) is 5.26 Å². The Kier molecular flexibility index (Phi) is 3.84. The van der Waals surface area contributed by atoms with Crippen molar-refractivity contribution in [2.24, 2.45) is 11.8 Å². The third kappa shape index (κ3) is 2.67. The minimum Gasteiger partial charge on any atom is -0.389 e. The van der Waals surface area contributed by atoms with E-state index < -0.39 is 23.6 Å². The summed E-state index contributed by atoms with van der Waals surface area (Å²) in [6.07, 6.45) is -3.69. The summed E-state index contributed by atoms with van der Waals surface area (Å²) in [6.45, 7) is 1.77. The number of rotatable bonds is 2. The molecule has 0 heterocycles. The number of nitrogens with zero attached hydrogens (tertiary/aromatic N) is 1. The first-order chi connectivity index (χ1) is 7.33. The van der Waals surface area contributed by atoms with Crippen molar-refractivity contribution in [3.63, 3.8) is 0 Å². The maximum Gasteiger partial charge on any atom is 0.391 e. The van der Waals surface area contributed by atoms with Crippen molar-refractivity contribution >= 4 is 0 Å². The summed E-state index contributed by atoms with van der Waals surface area (Å²) in [5.41, 5.74) is -1.22. The van der Waals surface area contributed by atoms with Gasteiger partial charge < -0.3 is 5.11 Å². The molecule has 0 spiro atoms. The van der Waals surface area contributed by atoms with Crippen molar-refractivity contribution in [2.45, 2.75) is 50.8 Å². The van der Waals surface area contributed by atoms with E-state index in [9.17, 15) is 18.3 Å². The molecule has 16 heavy (non-hydrogen) atoms. The van der Waals surface area contributed by atoms with E-state index in [0.29, 0.717) is 6.42 Å². The fraction of sp³-hybridized carbons (Fsp3) is 0.909. The van der Waals surface area contributed by atoms with Gasteiger partial charge in [-0.25, -0.2) is 0 Å². The molecule has 1 rings (SSSR count). The second kappa shape index (κ2) is 4.62. The number of halogens is 3. The summed E-state index contributed by atoms with van der Waals surface area (Å²) in [4.78, 5) is 0. The van der Waals surface area contributed by atoms with Gasteiger partial charge in [0.15, 0.2) is 0 Å². The van der Waals surface area contributed by atoms with Gasteiger partial charge in [-0.1, -0.05) is 6.92 Å². The van der Waals surface area contributed by atoms with Gasteiger partial charge in [0.2, 0.25) is 0 Å². The van der Waals surface area contributed by atoms with E-state index in [-0.39, 0.29) is 25.7 Å². The molecule has 0 saturated heterocycles. The lowest BCUT2D eigenvalue weighted by Crippen LogP contribution is -2.43. The fourth-order valence-corrected chi connectivity index (χ4v) is 2.38. The first kappa shape index (κ1) is 13.3. The first-order valence-electron chi connectivity index (χ1n) is 5.52. The minimum absolute atomic E-state index is 0.0713. The molecule has 0 bridgehead atoms. The molecule has 0 amide bonds. The Morgan fingerprint density at radius 1 is 1.44 bits per heavy atom. The van der Waals surface area contributed by atoms with Crippen molar-refractivity contribution in [2.75, 3.05) is 0 Å². The average Bonchev–Trinajstić information content (AvgIpc) is 2.18. The topological polar surface area (TPSA) is 44.0 Å². The summed E-state index contributed by atoms with van der Waals surface area (Å²) in [7, 11) is 0. The number of hydrogen-bond donors (Lipinski definition) is 1. The highest BCUT2D eigenvalue weighted by Crippen LogP contribution is 2.44. The van der Waals surface area contributed by atoms with Crippen LogP contribution in [-0.4, -0.2) is 16.9 Å². The molecule has 1 aliphatic carbocycles. The van der Waals surface area contributed by atoms with Crippen LogP contribution in [0.1, 0.15) is 39.0 Å². The van der Waals surface area contributed by atoms with E-state index in [1.165, 1.54) is 0 Å². The number of nitriles is 1. The van der Waals surface area contributed by atoms with Gasteiger partial charge in [0, 0.05) is 0 Å². The molecule has 1 unspecified atom stereocenters. The Morgan fingerprint density at radius 3 is 2.25 bits per heavy atom. The summed E-state index contributed by atoms with van der Waals surface area (Å²) >= 11 is 0. The van der Waals surface area contributed by atoms with Gasteiger partial charge in [0.1, 0.15) is 0 Å². The Labute approximate surface area is 93.1 Å².